The zero-order chi connectivity index (χ0) is 24.4. The second kappa shape index (κ2) is 9.33. The van der Waals surface area contributed by atoms with Crippen LogP contribution in [0.25, 0.3) is 11.1 Å². The van der Waals surface area contributed by atoms with Gasteiger partial charge in [-0.2, -0.15) is 0 Å². The minimum atomic E-state index is -0.871. The molecule has 0 radical (unpaired) electrons. The largest absolute Gasteiger partial charge is 0.493 e. The first-order chi connectivity index (χ1) is 15.5. The number of methoxy groups -OCH3 is 2. The van der Waals surface area contributed by atoms with Crippen molar-refractivity contribution in [3.8, 4) is 28.4 Å². The van der Waals surface area contributed by atoms with Crippen molar-refractivity contribution in [1.82, 2.24) is 5.32 Å². The van der Waals surface area contributed by atoms with E-state index in [1.165, 1.54) is 0 Å². The number of esters is 1. The van der Waals surface area contributed by atoms with Gasteiger partial charge >= 0.3 is 5.97 Å². The van der Waals surface area contributed by atoms with Gasteiger partial charge in [0.05, 0.1) is 20.6 Å². The second-order valence-electron chi connectivity index (χ2n) is 9.95. The summed E-state index contributed by atoms with van der Waals surface area (Å²) in [6.07, 6.45) is 0.307. The standard InChI is InChI=1S/C26H33NO6/c1-25(2,3)13-21(28)33-26(4,5)15-32-22-17(11-12-20(30-6)23(22)31-7)16-9-8-10-18-19(16)14-27-24(18)29/h8-12H,13-15H2,1-7H3,(H,27,29). The van der Waals surface area contributed by atoms with Crippen molar-refractivity contribution in [2.45, 2.75) is 53.2 Å². The zero-order valence-corrected chi connectivity index (χ0v) is 20.5. The molecule has 7 nitrogen and oxygen atoms in total. The fourth-order valence-corrected chi connectivity index (χ4v) is 3.81. The van der Waals surface area contributed by atoms with E-state index in [1.807, 2.05) is 52.8 Å². The Morgan fingerprint density at radius 2 is 1.64 bits per heavy atom. The Morgan fingerprint density at radius 3 is 2.27 bits per heavy atom. The lowest BCUT2D eigenvalue weighted by Gasteiger charge is -2.28. The molecule has 1 heterocycles. The highest BCUT2D eigenvalue weighted by Gasteiger charge is 2.30. The number of nitrogens with one attached hydrogen (secondary N) is 1. The van der Waals surface area contributed by atoms with Crippen LogP contribution in [0.3, 0.4) is 0 Å². The first kappa shape index (κ1) is 24.4. The normalized spacial score (nSPS) is 13.2. The molecule has 1 aliphatic rings. The molecule has 1 N–H and O–H groups in total. The maximum Gasteiger partial charge on any atom is 0.306 e. The zero-order valence-electron chi connectivity index (χ0n) is 20.5. The van der Waals surface area contributed by atoms with Crippen molar-refractivity contribution >= 4 is 11.9 Å². The molecule has 33 heavy (non-hydrogen) atoms. The molecule has 2 aromatic rings. The van der Waals surface area contributed by atoms with Gasteiger partial charge in [0, 0.05) is 17.7 Å². The SMILES string of the molecule is COc1ccc(-c2cccc3c2CNC3=O)c(OCC(C)(C)OC(=O)CC(C)(C)C)c1OC. The van der Waals surface area contributed by atoms with E-state index in [0.717, 1.165) is 16.7 Å². The number of hydrogen-bond acceptors (Lipinski definition) is 6. The summed E-state index contributed by atoms with van der Waals surface area (Å²) in [6.45, 7) is 10.1. The molecule has 1 aliphatic heterocycles. The molecule has 0 bridgehead atoms. The summed E-state index contributed by atoms with van der Waals surface area (Å²) < 4.78 is 23.1. The van der Waals surface area contributed by atoms with Crippen LogP contribution < -0.4 is 19.5 Å². The topological polar surface area (TPSA) is 83.1 Å². The molecule has 1 amide bonds. The monoisotopic (exact) mass is 455 g/mol. The van der Waals surface area contributed by atoms with Gasteiger partial charge < -0.3 is 24.3 Å². The van der Waals surface area contributed by atoms with Gasteiger partial charge in [-0.3, -0.25) is 9.59 Å². The van der Waals surface area contributed by atoms with Crippen molar-refractivity contribution in [2.24, 2.45) is 5.41 Å². The van der Waals surface area contributed by atoms with Gasteiger partial charge in [-0.25, -0.2) is 0 Å². The van der Waals surface area contributed by atoms with E-state index < -0.39 is 5.60 Å². The number of rotatable bonds is 8. The summed E-state index contributed by atoms with van der Waals surface area (Å²) in [7, 11) is 3.10. The minimum Gasteiger partial charge on any atom is -0.493 e. The Kier molecular flexibility index (Phi) is 6.91. The smallest absolute Gasteiger partial charge is 0.306 e. The van der Waals surface area contributed by atoms with Crippen molar-refractivity contribution in [2.75, 3.05) is 20.8 Å². The van der Waals surface area contributed by atoms with Crippen molar-refractivity contribution in [3.05, 3.63) is 41.5 Å². The number of amides is 1. The maximum absolute atomic E-state index is 12.4. The van der Waals surface area contributed by atoms with Crippen LogP contribution in [-0.2, 0) is 16.1 Å². The number of ether oxygens (including phenoxy) is 4. The van der Waals surface area contributed by atoms with Crippen molar-refractivity contribution in [1.29, 1.82) is 0 Å². The molecular weight excluding hydrogens is 422 g/mol. The van der Waals surface area contributed by atoms with E-state index in [4.69, 9.17) is 18.9 Å². The highest BCUT2D eigenvalue weighted by Crippen LogP contribution is 2.46. The van der Waals surface area contributed by atoms with Crippen LogP contribution >= 0.6 is 0 Å². The Hall–Kier alpha value is -3.22. The van der Waals surface area contributed by atoms with Gasteiger partial charge in [0.15, 0.2) is 11.5 Å². The first-order valence-electron chi connectivity index (χ1n) is 11.0. The lowest BCUT2D eigenvalue weighted by atomic mass is 9.92. The molecule has 0 atom stereocenters. The van der Waals surface area contributed by atoms with E-state index in [2.05, 4.69) is 5.32 Å². The van der Waals surface area contributed by atoms with Crippen LogP contribution in [0.2, 0.25) is 0 Å². The number of hydrogen-bond donors (Lipinski definition) is 1. The molecule has 178 valence electrons. The molecule has 0 unspecified atom stereocenters. The average Bonchev–Trinajstić information content (AvgIpc) is 3.10. The van der Waals surface area contributed by atoms with Crippen LogP contribution in [0, 0.1) is 5.41 Å². The van der Waals surface area contributed by atoms with Gasteiger partial charge in [-0.05, 0) is 48.6 Å². The fourth-order valence-electron chi connectivity index (χ4n) is 3.81. The Morgan fingerprint density at radius 1 is 0.939 bits per heavy atom. The quantitative estimate of drug-likeness (QED) is 0.579. The summed E-state index contributed by atoms with van der Waals surface area (Å²) in [5.74, 6) is 1.04. The second-order valence-corrected chi connectivity index (χ2v) is 9.95. The summed E-state index contributed by atoms with van der Waals surface area (Å²) >= 11 is 0. The summed E-state index contributed by atoms with van der Waals surface area (Å²) in [4.78, 5) is 24.6. The third kappa shape index (κ3) is 5.59. The van der Waals surface area contributed by atoms with Gasteiger partial charge in [0.2, 0.25) is 5.75 Å². The van der Waals surface area contributed by atoms with Crippen LogP contribution in [0.4, 0.5) is 0 Å². The Labute approximate surface area is 195 Å². The highest BCUT2D eigenvalue weighted by atomic mass is 16.6. The number of benzene rings is 2. The van der Waals surface area contributed by atoms with E-state index >= 15 is 0 Å². The van der Waals surface area contributed by atoms with Gasteiger partial charge in [0.25, 0.3) is 5.91 Å². The summed E-state index contributed by atoms with van der Waals surface area (Å²) in [6, 6.07) is 9.28. The predicted octanol–water partition coefficient (Wildman–Crippen LogP) is 4.75. The molecule has 2 aromatic carbocycles. The average molecular weight is 456 g/mol. The minimum absolute atomic E-state index is 0.0957. The third-order valence-electron chi connectivity index (χ3n) is 5.27. The molecule has 0 saturated heterocycles. The maximum atomic E-state index is 12.4. The molecule has 0 aliphatic carbocycles. The van der Waals surface area contributed by atoms with Crippen LogP contribution in [0.15, 0.2) is 30.3 Å². The molecule has 0 saturated carbocycles. The lowest BCUT2D eigenvalue weighted by molar-refractivity contribution is -0.161. The van der Waals surface area contributed by atoms with Gasteiger partial charge in [-0.15, -0.1) is 0 Å². The number of fused-ring (bicyclic) bond motifs is 1. The van der Waals surface area contributed by atoms with Crippen LogP contribution in [0.5, 0.6) is 17.2 Å². The molecule has 0 aromatic heterocycles. The Bertz CT molecular complexity index is 1050. The van der Waals surface area contributed by atoms with E-state index in [0.29, 0.717) is 35.8 Å². The van der Waals surface area contributed by atoms with E-state index in [1.54, 1.807) is 26.4 Å². The number of carbonyl (C=O) groups is 2. The molecular formula is C26H33NO6. The van der Waals surface area contributed by atoms with E-state index in [-0.39, 0.29) is 23.9 Å². The summed E-state index contributed by atoms with van der Waals surface area (Å²) in [5.41, 5.74) is 2.13. The molecule has 7 heteroatoms. The molecule has 0 spiro atoms. The number of carbonyl (C=O) groups excluding carboxylic acids is 2. The molecule has 0 fully saturated rings. The highest BCUT2D eigenvalue weighted by molar-refractivity contribution is 6.01. The third-order valence-corrected chi connectivity index (χ3v) is 5.27. The van der Waals surface area contributed by atoms with Crippen LogP contribution in [-0.4, -0.2) is 38.3 Å². The summed E-state index contributed by atoms with van der Waals surface area (Å²) in [5, 5.41) is 2.87. The molecule has 3 rings (SSSR count). The Balaban J connectivity index is 1.96. The van der Waals surface area contributed by atoms with Crippen molar-refractivity contribution < 1.29 is 28.5 Å². The van der Waals surface area contributed by atoms with E-state index in [9.17, 15) is 9.59 Å². The lowest BCUT2D eigenvalue weighted by Crippen LogP contribution is -2.36. The fraction of sp³-hybridized carbons (Fsp3) is 0.462. The van der Waals surface area contributed by atoms with Crippen molar-refractivity contribution in [3.63, 3.8) is 0 Å². The van der Waals surface area contributed by atoms with Gasteiger partial charge in [-0.1, -0.05) is 32.9 Å². The van der Waals surface area contributed by atoms with Gasteiger partial charge in [0.1, 0.15) is 12.2 Å². The predicted molar refractivity (Wildman–Crippen MR) is 126 cm³/mol. The van der Waals surface area contributed by atoms with Crippen LogP contribution in [0.1, 0.15) is 57.0 Å². The first-order valence-corrected chi connectivity index (χ1v) is 11.0.